The van der Waals surface area contributed by atoms with Crippen LogP contribution in [0.4, 0.5) is 18.9 Å². The maximum Gasteiger partial charge on any atom is 0.416 e. The summed E-state index contributed by atoms with van der Waals surface area (Å²) in [5.74, 6) is -1.09. The van der Waals surface area contributed by atoms with E-state index in [1.54, 1.807) is 0 Å². The van der Waals surface area contributed by atoms with Gasteiger partial charge in [0, 0.05) is 17.2 Å². The summed E-state index contributed by atoms with van der Waals surface area (Å²) in [6, 6.07) is 5.37. The number of amides is 2. The van der Waals surface area contributed by atoms with Crippen molar-refractivity contribution in [1.82, 2.24) is 0 Å². The number of nitrogens with two attached hydrogens (primary N) is 1. The number of methoxy groups -OCH3 is 2. The van der Waals surface area contributed by atoms with Gasteiger partial charge in [-0.25, -0.2) is 0 Å². The molecule has 2 aromatic rings. The van der Waals surface area contributed by atoms with Gasteiger partial charge in [-0.3, -0.25) is 9.59 Å². The maximum absolute atomic E-state index is 12.8. The molecule has 2 amide bonds. The minimum Gasteiger partial charge on any atom is -0.493 e. The fourth-order valence-electron chi connectivity index (χ4n) is 2.37. The number of benzene rings is 2. The Balaban J connectivity index is 2.31. The number of primary amides is 1. The molecule has 0 aliphatic carbocycles. The summed E-state index contributed by atoms with van der Waals surface area (Å²) < 4.78 is 48.7. The molecule has 0 radical (unpaired) electrons. The van der Waals surface area contributed by atoms with E-state index in [2.05, 4.69) is 5.32 Å². The molecule has 154 valence electrons. The summed E-state index contributed by atoms with van der Waals surface area (Å²) in [5, 5.41) is 2.46. The zero-order valence-electron chi connectivity index (χ0n) is 15.3. The van der Waals surface area contributed by atoms with Crippen LogP contribution in [-0.4, -0.2) is 26.0 Å². The summed E-state index contributed by atoms with van der Waals surface area (Å²) in [5.41, 5.74) is 4.41. The summed E-state index contributed by atoms with van der Waals surface area (Å²) in [6.45, 7) is 0. The van der Waals surface area contributed by atoms with E-state index < -0.39 is 23.6 Å². The van der Waals surface area contributed by atoms with Crippen LogP contribution >= 0.6 is 11.6 Å². The number of carbonyl (C=O) groups is 2. The second-order valence-electron chi connectivity index (χ2n) is 5.67. The van der Waals surface area contributed by atoms with Crippen molar-refractivity contribution in [3.05, 3.63) is 58.1 Å². The van der Waals surface area contributed by atoms with Crippen molar-refractivity contribution >= 4 is 35.2 Å². The number of anilines is 1. The van der Waals surface area contributed by atoms with Gasteiger partial charge in [0.15, 0.2) is 11.5 Å². The lowest BCUT2D eigenvalue weighted by Gasteiger charge is -2.13. The minimum atomic E-state index is -4.55. The predicted octanol–water partition coefficient (Wildman–Crippen LogP) is 4.13. The standard InChI is InChI=1S/C19H16ClF3N2O4/c1-28-15-8-12(18(24)27)14(9-16(15)29-2)25-17(26)6-3-10-7-11(19(21,22)23)4-5-13(10)20/h3-9H,1-2H3,(H2,24,27)(H,25,26). The van der Waals surface area contributed by atoms with E-state index in [1.165, 1.54) is 26.4 Å². The molecule has 0 atom stereocenters. The molecule has 0 saturated carbocycles. The molecule has 6 nitrogen and oxygen atoms in total. The number of carbonyl (C=O) groups excluding carboxylic acids is 2. The van der Waals surface area contributed by atoms with Crippen molar-refractivity contribution in [3.8, 4) is 11.5 Å². The zero-order valence-corrected chi connectivity index (χ0v) is 16.0. The highest BCUT2D eigenvalue weighted by atomic mass is 35.5. The SMILES string of the molecule is COc1cc(NC(=O)C=Cc2cc(C(F)(F)F)ccc2Cl)c(C(N)=O)cc1OC. The molecule has 3 N–H and O–H groups in total. The number of rotatable bonds is 6. The average molecular weight is 429 g/mol. The predicted molar refractivity (Wildman–Crippen MR) is 102 cm³/mol. The molecule has 0 aliphatic rings. The van der Waals surface area contributed by atoms with E-state index in [9.17, 15) is 22.8 Å². The van der Waals surface area contributed by atoms with Crippen LogP contribution in [-0.2, 0) is 11.0 Å². The molecule has 29 heavy (non-hydrogen) atoms. The third-order valence-corrected chi connectivity index (χ3v) is 4.13. The Morgan fingerprint density at radius 2 is 1.72 bits per heavy atom. The molecule has 10 heteroatoms. The van der Waals surface area contributed by atoms with Crippen molar-refractivity contribution < 1.29 is 32.2 Å². The molecule has 0 fully saturated rings. The summed E-state index contributed by atoms with van der Waals surface area (Å²) in [4.78, 5) is 23.9. The molecule has 0 heterocycles. The molecule has 2 aromatic carbocycles. The van der Waals surface area contributed by atoms with Crippen LogP contribution < -0.4 is 20.5 Å². The molecule has 0 spiro atoms. The fraction of sp³-hybridized carbons (Fsp3) is 0.158. The smallest absolute Gasteiger partial charge is 0.416 e. The number of hydrogen-bond donors (Lipinski definition) is 2. The Morgan fingerprint density at radius 3 is 2.28 bits per heavy atom. The van der Waals surface area contributed by atoms with Crippen LogP contribution in [0, 0.1) is 0 Å². The average Bonchev–Trinajstić information content (AvgIpc) is 2.65. The zero-order chi connectivity index (χ0) is 21.8. The molecular weight excluding hydrogens is 413 g/mol. The largest absolute Gasteiger partial charge is 0.493 e. The van der Waals surface area contributed by atoms with Gasteiger partial charge in [-0.05, 0) is 35.9 Å². The van der Waals surface area contributed by atoms with Gasteiger partial charge in [0.2, 0.25) is 5.91 Å². The highest BCUT2D eigenvalue weighted by Gasteiger charge is 2.30. The third-order valence-electron chi connectivity index (χ3n) is 3.78. The van der Waals surface area contributed by atoms with E-state index in [0.717, 1.165) is 30.4 Å². The Kier molecular flexibility index (Phi) is 6.76. The first kappa shape index (κ1) is 22.1. The number of alkyl halides is 3. The van der Waals surface area contributed by atoms with Crippen molar-refractivity contribution in [3.63, 3.8) is 0 Å². The Hall–Kier alpha value is -3.20. The topological polar surface area (TPSA) is 90.6 Å². The van der Waals surface area contributed by atoms with Crippen molar-refractivity contribution in [2.75, 3.05) is 19.5 Å². The number of ether oxygens (including phenoxy) is 2. The van der Waals surface area contributed by atoms with E-state index in [1.807, 2.05) is 0 Å². The normalized spacial score (nSPS) is 11.4. The number of hydrogen-bond acceptors (Lipinski definition) is 4. The second-order valence-corrected chi connectivity index (χ2v) is 6.08. The van der Waals surface area contributed by atoms with E-state index in [-0.39, 0.29) is 33.3 Å². The van der Waals surface area contributed by atoms with E-state index >= 15 is 0 Å². The van der Waals surface area contributed by atoms with Crippen molar-refractivity contribution in [2.24, 2.45) is 5.73 Å². The van der Waals surface area contributed by atoms with Crippen molar-refractivity contribution in [2.45, 2.75) is 6.18 Å². The minimum absolute atomic E-state index is 0.000854. The van der Waals surface area contributed by atoms with Crippen molar-refractivity contribution in [1.29, 1.82) is 0 Å². The van der Waals surface area contributed by atoms with Crippen LogP contribution in [0.25, 0.3) is 6.08 Å². The molecule has 0 saturated heterocycles. The van der Waals surface area contributed by atoms with Gasteiger partial charge in [-0.15, -0.1) is 0 Å². The summed E-state index contributed by atoms with van der Waals surface area (Å²) in [7, 11) is 2.73. The van der Waals surface area contributed by atoms with Gasteiger partial charge >= 0.3 is 6.18 Å². The highest BCUT2D eigenvalue weighted by Crippen LogP contribution is 2.34. The molecular formula is C19H16ClF3N2O4. The van der Waals surface area contributed by atoms with Gasteiger partial charge in [0.25, 0.3) is 5.91 Å². The lowest BCUT2D eigenvalue weighted by molar-refractivity contribution is -0.137. The Bertz CT molecular complexity index is 975. The van der Waals surface area contributed by atoms with E-state index in [4.69, 9.17) is 26.8 Å². The van der Waals surface area contributed by atoms with Gasteiger partial charge in [-0.2, -0.15) is 13.2 Å². The maximum atomic E-state index is 12.8. The molecule has 0 unspecified atom stereocenters. The number of halogens is 4. The van der Waals surface area contributed by atoms with Gasteiger partial charge in [0.1, 0.15) is 0 Å². The second kappa shape index (κ2) is 8.87. The molecule has 0 aromatic heterocycles. The quantitative estimate of drug-likeness (QED) is 0.677. The summed E-state index contributed by atoms with van der Waals surface area (Å²) in [6.07, 6.45) is -2.45. The first-order valence-corrected chi connectivity index (χ1v) is 8.36. The fourth-order valence-corrected chi connectivity index (χ4v) is 2.55. The molecule has 0 bridgehead atoms. The van der Waals surface area contributed by atoms with Crippen LogP contribution in [0.3, 0.4) is 0 Å². The molecule has 2 rings (SSSR count). The summed E-state index contributed by atoms with van der Waals surface area (Å²) >= 11 is 5.89. The highest BCUT2D eigenvalue weighted by molar-refractivity contribution is 6.32. The van der Waals surface area contributed by atoms with Crippen LogP contribution in [0.5, 0.6) is 11.5 Å². The Labute approximate surface area is 169 Å². The van der Waals surface area contributed by atoms with Crippen LogP contribution in [0.2, 0.25) is 5.02 Å². The number of nitrogens with one attached hydrogen (secondary N) is 1. The van der Waals surface area contributed by atoms with Gasteiger partial charge in [-0.1, -0.05) is 11.6 Å². The first-order chi connectivity index (χ1) is 13.6. The van der Waals surface area contributed by atoms with E-state index in [0.29, 0.717) is 0 Å². The first-order valence-electron chi connectivity index (χ1n) is 7.98. The monoisotopic (exact) mass is 428 g/mol. The third kappa shape index (κ3) is 5.41. The van der Waals surface area contributed by atoms with Gasteiger partial charge in [0.05, 0.1) is 31.0 Å². The van der Waals surface area contributed by atoms with Crippen LogP contribution in [0.15, 0.2) is 36.4 Å². The Morgan fingerprint density at radius 1 is 1.10 bits per heavy atom. The van der Waals surface area contributed by atoms with Gasteiger partial charge < -0.3 is 20.5 Å². The molecule has 0 aliphatic heterocycles. The lowest BCUT2D eigenvalue weighted by atomic mass is 10.1. The lowest BCUT2D eigenvalue weighted by Crippen LogP contribution is -2.17. The van der Waals surface area contributed by atoms with Crippen LogP contribution in [0.1, 0.15) is 21.5 Å².